The molecule has 5 nitrogen and oxygen atoms in total. The first-order valence-electron chi connectivity index (χ1n) is 10.4. The van der Waals surface area contributed by atoms with Crippen molar-refractivity contribution in [3.8, 4) is 0 Å². The van der Waals surface area contributed by atoms with Gasteiger partial charge in [-0.2, -0.15) is 0 Å². The fourth-order valence-electron chi connectivity index (χ4n) is 4.90. The van der Waals surface area contributed by atoms with E-state index in [2.05, 4.69) is 50.0 Å². The lowest BCUT2D eigenvalue weighted by atomic mass is 9.65. The van der Waals surface area contributed by atoms with Crippen LogP contribution in [0.4, 0.5) is 11.4 Å². The van der Waals surface area contributed by atoms with E-state index in [1.54, 1.807) is 0 Å². The molecule has 3 aromatic carbocycles. The monoisotopic (exact) mass is 412 g/mol. The number of aliphatic imine (C=N–C) groups is 1. The molecule has 1 atom stereocenters. The Balaban J connectivity index is 1.95. The van der Waals surface area contributed by atoms with Crippen molar-refractivity contribution in [1.29, 1.82) is 0 Å². The van der Waals surface area contributed by atoms with Crippen LogP contribution in [0.15, 0.2) is 83.9 Å². The summed E-state index contributed by atoms with van der Waals surface area (Å²) >= 11 is 0. The summed E-state index contributed by atoms with van der Waals surface area (Å²) in [6, 6.07) is 25.6. The predicted octanol–water partition coefficient (Wildman–Crippen LogP) is 4.73. The van der Waals surface area contributed by atoms with E-state index in [0.29, 0.717) is 11.3 Å². The Kier molecular flexibility index (Phi) is 5.05. The van der Waals surface area contributed by atoms with Crippen LogP contribution in [0.25, 0.3) is 0 Å². The second-order valence-corrected chi connectivity index (χ2v) is 8.93. The molecule has 3 aromatic rings. The average Bonchev–Trinajstić information content (AvgIpc) is 2.74. The number of guanidine groups is 1. The standard InChI is InChI=1S/C26H28N4O/c1-25(2)17-26(3,19-12-8-5-9-13-19)21-16-20(29-24(27)28)14-15-22(21)30(25)23(31)18-10-6-4-7-11-18/h4-16H,17H2,1-3H3,(H4,27,28,29). The van der Waals surface area contributed by atoms with E-state index < -0.39 is 5.54 Å². The van der Waals surface area contributed by atoms with Crippen molar-refractivity contribution >= 4 is 23.2 Å². The molecule has 4 rings (SSSR count). The van der Waals surface area contributed by atoms with Crippen molar-refractivity contribution in [3.05, 3.63) is 95.6 Å². The number of rotatable bonds is 3. The summed E-state index contributed by atoms with van der Waals surface area (Å²) in [7, 11) is 0. The highest BCUT2D eigenvalue weighted by molar-refractivity contribution is 6.08. The Bertz CT molecular complexity index is 1130. The Morgan fingerprint density at radius 2 is 1.52 bits per heavy atom. The first-order chi connectivity index (χ1) is 14.7. The van der Waals surface area contributed by atoms with Crippen LogP contribution in [-0.4, -0.2) is 17.4 Å². The zero-order chi connectivity index (χ0) is 22.2. The summed E-state index contributed by atoms with van der Waals surface area (Å²) in [5, 5.41) is 0. The van der Waals surface area contributed by atoms with Gasteiger partial charge in [0, 0.05) is 22.2 Å². The van der Waals surface area contributed by atoms with Gasteiger partial charge in [-0.3, -0.25) is 4.79 Å². The van der Waals surface area contributed by atoms with E-state index in [4.69, 9.17) is 11.5 Å². The minimum Gasteiger partial charge on any atom is -0.370 e. The molecule has 0 bridgehead atoms. The smallest absolute Gasteiger partial charge is 0.258 e. The van der Waals surface area contributed by atoms with E-state index in [9.17, 15) is 4.79 Å². The van der Waals surface area contributed by atoms with E-state index in [0.717, 1.165) is 17.7 Å². The van der Waals surface area contributed by atoms with Gasteiger partial charge in [-0.1, -0.05) is 55.5 Å². The summed E-state index contributed by atoms with van der Waals surface area (Å²) in [5.74, 6) is -0.00808. The van der Waals surface area contributed by atoms with Crippen LogP contribution in [0.3, 0.4) is 0 Å². The minimum atomic E-state index is -0.414. The van der Waals surface area contributed by atoms with Crippen LogP contribution in [0, 0.1) is 0 Å². The highest BCUT2D eigenvalue weighted by atomic mass is 16.2. The number of benzene rings is 3. The maximum atomic E-state index is 13.6. The van der Waals surface area contributed by atoms with E-state index in [1.165, 1.54) is 5.56 Å². The van der Waals surface area contributed by atoms with E-state index >= 15 is 0 Å². The second kappa shape index (κ2) is 7.58. The third-order valence-corrected chi connectivity index (χ3v) is 6.10. The van der Waals surface area contributed by atoms with Crippen molar-refractivity contribution in [3.63, 3.8) is 0 Å². The Morgan fingerprint density at radius 3 is 2.13 bits per heavy atom. The number of amides is 1. The normalized spacial score (nSPS) is 19.4. The van der Waals surface area contributed by atoms with Gasteiger partial charge in [0.15, 0.2) is 5.96 Å². The Hall–Kier alpha value is -3.60. The minimum absolute atomic E-state index is 0.00900. The molecule has 0 fully saturated rings. The van der Waals surface area contributed by atoms with Crippen LogP contribution < -0.4 is 16.4 Å². The van der Waals surface area contributed by atoms with Crippen LogP contribution in [0.1, 0.15) is 48.7 Å². The largest absolute Gasteiger partial charge is 0.370 e. The first-order valence-corrected chi connectivity index (χ1v) is 10.4. The van der Waals surface area contributed by atoms with Gasteiger partial charge < -0.3 is 16.4 Å². The molecule has 0 radical (unpaired) electrons. The van der Waals surface area contributed by atoms with E-state index in [1.807, 2.05) is 59.5 Å². The van der Waals surface area contributed by atoms with Crippen molar-refractivity contribution in [1.82, 2.24) is 0 Å². The number of carbonyl (C=O) groups excluding carboxylic acids is 1. The molecule has 0 aromatic heterocycles. The number of hydrogen-bond acceptors (Lipinski definition) is 2. The van der Waals surface area contributed by atoms with Crippen LogP contribution in [0.5, 0.6) is 0 Å². The molecule has 158 valence electrons. The summed E-state index contributed by atoms with van der Waals surface area (Å²) in [4.78, 5) is 19.8. The van der Waals surface area contributed by atoms with Gasteiger partial charge in [0.1, 0.15) is 0 Å². The van der Waals surface area contributed by atoms with Gasteiger partial charge in [-0.15, -0.1) is 0 Å². The van der Waals surface area contributed by atoms with Crippen molar-refractivity contribution in [2.24, 2.45) is 16.5 Å². The molecular weight excluding hydrogens is 384 g/mol. The molecule has 1 unspecified atom stereocenters. The van der Waals surface area contributed by atoms with Gasteiger partial charge >= 0.3 is 0 Å². The van der Waals surface area contributed by atoms with Gasteiger partial charge in [-0.25, -0.2) is 4.99 Å². The molecule has 4 N–H and O–H groups in total. The predicted molar refractivity (Wildman–Crippen MR) is 127 cm³/mol. The fourth-order valence-corrected chi connectivity index (χ4v) is 4.90. The zero-order valence-electron chi connectivity index (χ0n) is 18.2. The van der Waals surface area contributed by atoms with Gasteiger partial charge in [0.05, 0.1) is 5.69 Å². The summed E-state index contributed by atoms with van der Waals surface area (Å²) in [5.41, 5.74) is 15.0. The molecule has 31 heavy (non-hydrogen) atoms. The molecule has 1 aliphatic heterocycles. The van der Waals surface area contributed by atoms with Crippen molar-refractivity contribution < 1.29 is 4.79 Å². The lowest BCUT2D eigenvalue weighted by Gasteiger charge is -2.51. The van der Waals surface area contributed by atoms with Gasteiger partial charge in [0.2, 0.25) is 0 Å². The van der Waals surface area contributed by atoms with Gasteiger partial charge in [0.25, 0.3) is 5.91 Å². The van der Waals surface area contributed by atoms with Gasteiger partial charge in [-0.05, 0) is 61.7 Å². The van der Waals surface area contributed by atoms with Crippen LogP contribution in [-0.2, 0) is 5.41 Å². The molecule has 0 spiro atoms. The molecule has 0 aliphatic carbocycles. The quantitative estimate of drug-likeness (QED) is 0.482. The average molecular weight is 413 g/mol. The maximum Gasteiger partial charge on any atom is 0.258 e. The fraction of sp³-hybridized carbons (Fsp3) is 0.231. The highest BCUT2D eigenvalue weighted by Crippen LogP contribution is 2.51. The molecule has 5 heteroatoms. The molecule has 1 amide bonds. The molecule has 1 aliphatic rings. The van der Waals surface area contributed by atoms with Crippen LogP contribution >= 0.6 is 0 Å². The second-order valence-electron chi connectivity index (χ2n) is 8.93. The zero-order valence-corrected chi connectivity index (χ0v) is 18.2. The Morgan fingerprint density at radius 1 is 0.903 bits per heavy atom. The Labute approximate surface area is 183 Å². The molecule has 0 saturated carbocycles. The molecule has 1 heterocycles. The molecular formula is C26H28N4O. The number of anilines is 1. The number of carbonyl (C=O) groups is 1. The number of fused-ring (bicyclic) bond motifs is 1. The number of nitrogens with two attached hydrogens (primary N) is 2. The summed E-state index contributed by atoms with van der Waals surface area (Å²) in [6.07, 6.45) is 0.751. The summed E-state index contributed by atoms with van der Waals surface area (Å²) in [6.45, 7) is 6.48. The van der Waals surface area contributed by atoms with Crippen molar-refractivity contribution in [2.75, 3.05) is 4.90 Å². The number of hydrogen-bond donors (Lipinski definition) is 2. The van der Waals surface area contributed by atoms with Crippen molar-refractivity contribution in [2.45, 2.75) is 38.1 Å². The third-order valence-electron chi connectivity index (χ3n) is 6.10. The number of nitrogens with zero attached hydrogens (tertiary/aromatic N) is 2. The maximum absolute atomic E-state index is 13.6. The van der Waals surface area contributed by atoms with Crippen LogP contribution in [0.2, 0.25) is 0 Å². The third kappa shape index (κ3) is 3.67. The highest BCUT2D eigenvalue weighted by Gasteiger charge is 2.48. The first kappa shape index (κ1) is 20.7. The SMILES string of the molecule is CC1(c2ccccc2)CC(C)(C)N(C(=O)c2ccccc2)c2ccc(N=C(N)N)cc21. The topological polar surface area (TPSA) is 84.7 Å². The lowest BCUT2D eigenvalue weighted by Crippen LogP contribution is -2.55. The lowest BCUT2D eigenvalue weighted by molar-refractivity contribution is 0.0948. The molecule has 0 saturated heterocycles. The summed E-state index contributed by atoms with van der Waals surface area (Å²) < 4.78 is 0. The van der Waals surface area contributed by atoms with E-state index in [-0.39, 0.29) is 17.3 Å².